The van der Waals surface area contributed by atoms with Gasteiger partial charge in [0.1, 0.15) is 0 Å². The minimum atomic E-state index is 0.177. The summed E-state index contributed by atoms with van der Waals surface area (Å²) in [6.07, 6.45) is 0. The molecule has 0 saturated heterocycles. The maximum absolute atomic E-state index is 6.28. The van der Waals surface area contributed by atoms with Crippen molar-refractivity contribution in [1.29, 1.82) is 5.41 Å². The van der Waals surface area contributed by atoms with Crippen molar-refractivity contribution in [3.63, 3.8) is 0 Å². The normalized spacial score (nSPS) is 6.00. The zero-order valence-corrected chi connectivity index (χ0v) is 4.32. The molecule has 2 nitrogen and oxygen atoms in total. The SMILES string of the molecule is N=C(N)[Te]. The minimum absolute atomic E-state index is 0.177. The number of amidine groups is 1. The third kappa shape index (κ3) is 53.2. The topological polar surface area (TPSA) is 49.9 Å². The average Bonchev–Trinajstić information content (AvgIpc) is 0.811. The summed E-state index contributed by atoms with van der Waals surface area (Å²) in [4.78, 5) is 0. The molecule has 0 spiro atoms. The van der Waals surface area contributed by atoms with Gasteiger partial charge in [-0.25, -0.2) is 0 Å². The van der Waals surface area contributed by atoms with Crippen LogP contribution in [0.1, 0.15) is 0 Å². The first-order valence-corrected chi connectivity index (χ1v) is 1.91. The molecule has 0 aromatic heterocycles. The molecule has 0 aliphatic carbocycles. The van der Waals surface area contributed by atoms with E-state index in [1.165, 1.54) is 22.3 Å². The van der Waals surface area contributed by atoms with Crippen LogP contribution in [0.5, 0.6) is 0 Å². The first kappa shape index (κ1) is 4.26. The first-order chi connectivity index (χ1) is 1.73. The van der Waals surface area contributed by atoms with Gasteiger partial charge in [-0.2, -0.15) is 0 Å². The van der Waals surface area contributed by atoms with Gasteiger partial charge in [-0.05, 0) is 0 Å². The fraction of sp³-hybridized carbons (Fsp3) is 0. The van der Waals surface area contributed by atoms with Crippen LogP contribution >= 0.6 is 0 Å². The van der Waals surface area contributed by atoms with E-state index >= 15 is 0 Å². The Kier molecular flexibility index (Phi) is 1.67. The molecule has 0 atom stereocenters. The Bertz CT molecular complexity index is 29.0. The van der Waals surface area contributed by atoms with Crippen molar-refractivity contribution < 1.29 is 0 Å². The van der Waals surface area contributed by atoms with E-state index in [0.717, 1.165) is 0 Å². The summed E-state index contributed by atoms with van der Waals surface area (Å²) in [5.41, 5.74) is 4.70. The van der Waals surface area contributed by atoms with E-state index in [2.05, 4.69) is 0 Å². The van der Waals surface area contributed by atoms with Gasteiger partial charge in [-0.3, -0.25) is 0 Å². The molecule has 0 unspecified atom stereocenters. The standard InChI is InChI=1S/CH3N2Te/c2-1(3)4/h(H3,2,3). The second-order valence-corrected chi connectivity index (χ2v) is 1.62. The van der Waals surface area contributed by atoms with E-state index in [4.69, 9.17) is 11.1 Å². The van der Waals surface area contributed by atoms with E-state index in [1.807, 2.05) is 0 Å². The van der Waals surface area contributed by atoms with E-state index < -0.39 is 0 Å². The molecular formula is CH3N2Te. The van der Waals surface area contributed by atoms with Crippen LogP contribution in [0.3, 0.4) is 0 Å². The Morgan fingerprint density at radius 2 is 2.00 bits per heavy atom. The van der Waals surface area contributed by atoms with E-state index in [1.54, 1.807) is 0 Å². The summed E-state index contributed by atoms with van der Waals surface area (Å²) in [5.74, 6) is 0. The van der Waals surface area contributed by atoms with E-state index in [0.29, 0.717) is 0 Å². The molecule has 3 heteroatoms. The molecular weight excluding hydrogens is 168 g/mol. The fourth-order valence-corrected chi connectivity index (χ4v) is 0. The van der Waals surface area contributed by atoms with Crippen LogP contribution < -0.4 is 5.73 Å². The molecule has 0 saturated carbocycles. The number of nitrogens with two attached hydrogens (primary N) is 1. The number of rotatable bonds is 0. The van der Waals surface area contributed by atoms with Crippen LogP contribution in [-0.4, -0.2) is 26.2 Å². The molecule has 0 aliphatic rings. The summed E-state index contributed by atoms with van der Waals surface area (Å²) in [5, 5.41) is 6.28. The van der Waals surface area contributed by atoms with Crippen molar-refractivity contribution in [1.82, 2.24) is 0 Å². The van der Waals surface area contributed by atoms with Gasteiger partial charge in [0.2, 0.25) is 0 Å². The summed E-state index contributed by atoms with van der Waals surface area (Å²) >= 11 is 1.47. The van der Waals surface area contributed by atoms with Crippen molar-refractivity contribution in [2.75, 3.05) is 0 Å². The molecule has 0 fully saturated rings. The summed E-state index contributed by atoms with van der Waals surface area (Å²) in [6, 6.07) is 0. The zero-order valence-electron chi connectivity index (χ0n) is 1.99. The van der Waals surface area contributed by atoms with Gasteiger partial charge in [-0.15, -0.1) is 0 Å². The third-order valence-corrected chi connectivity index (χ3v) is 0. The second-order valence-electron chi connectivity index (χ2n) is 0.364. The molecule has 23 valence electrons. The van der Waals surface area contributed by atoms with Crippen LogP contribution in [0.4, 0.5) is 0 Å². The first-order valence-electron chi connectivity index (χ1n) is 0.743. The summed E-state index contributed by atoms with van der Waals surface area (Å²) < 4.78 is 0.177. The van der Waals surface area contributed by atoms with Crippen molar-refractivity contribution in [3.8, 4) is 0 Å². The van der Waals surface area contributed by atoms with Crippen molar-refractivity contribution in [2.45, 2.75) is 0 Å². The Balaban J connectivity index is 2.80. The van der Waals surface area contributed by atoms with Crippen LogP contribution in [0, 0.1) is 5.41 Å². The predicted molar refractivity (Wildman–Crippen MR) is 17.7 cm³/mol. The maximum atomic E-state index is 6.28. The Morgan fingerprint density at radius 3 is 2.00 bits per heavy atom. The van der Waals surface area contributed by atoms with E-state index in [9.17, 15) is 0 Å². The van der Waals surface area contributed by atoms with E-state index in [-0.39, 0.29) is 3.88 Å². The van der Waals surface area contributed by atoms with Gasteiger partial charge in [0.25, 0.3) is 0 Å². The Labute approximate surface area is 37.8 Å². The van der Waals surface area contributed by atoms with Crippen molar-refractivity contribution in [3.05, 3.63) is 0 Å². The molecule has 0 aliphatic heterocycles. The zero-order chi connectivity index (χ0) is 3.58. The number of hydrogen-bond acceptors (Lipinski definition) is 1. The number of hydrogen-bond donors (Lipinski definition) is 2. The monoisotopic (exact) mass is 173 g/mol. The number of nitrogens with one attached hydrogen (secondary N) is 1. The Morgan fingerprint density at radius 1 is 2.00 bits per heavy atom. The van der Waals surface area contributed by atoms with Crippen molar-refractivity contribution >= 4 is 26.2 Å². The molecule has 0 aromatic rings. The molecule has 0 amide bonds. The summed E-state index contributed by atoms with van der Waals surface area (Å²) in [7, 11) is 0. The quantitative estimate of drug-likeness (QED) is 0.275. The van der Waals surface area contributed by atoms with Crippen LogP contribution in [0.25, 0.3) is 0 Å². The molecule has 0 heterocycles. The molecule has 0 bridgehead atoms. The average molecular weight is 171 g/mol. The van der Waals surface area contributed by atoms with Crippen molar-refractivity contribution in [2.24, 2.45) is 5.73 Å². The van der Waals surface area contributed by atoms with Gasteiger partial charge < -0.3 is 0 Å². The fourth-order valence-electron chi connectivity index (χ4n) is 0. The molecule has 3 N–H and O–H groups in total. The second kappa shape index (κ2) is 1.57. The van der Waals surface area contributed by atoms with Gasteiger partial charge in [0.15, 0.2) is 0 Å². The summed E-state index contributed by atoms with van der Waals surface area (Å²) in [6.45, 7) is 0. The molecule has 1 radical (unpaired) electrons. The van der Waals surface area contributed by atoms with Crippen LogP contribution in [-0.2, 0) is 0 Å². The Hall–Kier alpha value is 0.260. The van der Waals surface area contributed by atoms with Gasteiger partial charge in [0, 0.05) is 0 Å². The molecule has 4 heavy (non-hydrogen) atoms. The van der Waals surface area contributed by atoms with Gasteiger partial charge >= 0.3 is 37.3 Å². The molecule has 0 rings (SSSR count). The molecule has 0 aromatic carbocycles. The van der Waals surface area contributed by atoms with Gasteiger partial charge in [-0.1, -0.05) is 0 Å². The predicted octanol–water partition coefficient (Wildman–Crippen LogP) is -0.952. The van der Waals surface area contributed by atoms with Crippen LogP contribution in [0.15, 0.2) is 0 Å². The van der Waals surface area contributed by atoms with Crippen LogP contribution in [0.2, 0.25) is 0 Å². The van der Waals surface area contributed by atoms with Gasteiger partial charge in [0.05, 0.1) is 0 Å². The third-order valence-electron chi connectivity index (χ3n) is 0.